The summed E-state index contributed by atoms with van der Waals surface area (Å²) in [5, 5.41) is 14.2. The number of nitrogens with zero attached hydrogens (tertiary/aromatic N) is 3. The van der Waals surface area contributed by atoms with Crippen LogP contribution in [-0.2, 0) is 20.9 Å². The number of carboxylic acid groups (broad SMARTS) is 2. The van der Waals surface area contributed by atoms with Gasteiger partial charge in [-0.1, -0.05) is 12.1 Å². The van der Waals surface area contributed by atoms with Gasteiger partial charge in [0, 0.05) is 43.8 Å². The number of carbonyl (C=O) groups is 2. The number of pyridine rings is 2. The van der Waals surface area contributed by atoms with Crippen molar-refractivity contribution in [2.24, 2.45) is 0 Å². The summed E-state index contributed by atoms with van der Waals surface area (Å²) in [6, 6.07) is 10.3. The highest BCUT2D eigenvalue weighted by atomic mass is 19.4. The molecule has 2 aromatic heterocycles. The minimum atomic E-state index is -5.08. The molecule has 2 aromatic rings. The number of aromatic nitrogens is 2. The average Bonchev–Trinajstić information content (AvgIpc) is 3.24. The van der Waals surface area contributed by atoms with Gasteiger partial charge < -0.3 is 19.7 Å². The van der Waals surface area contributed by atoms with E-state index in [0.29, 0.717) is 11.9 Å². The number of ether oxygens (including phenoxy) is 2. The summed E-state index contributed by atoms with van der Waals surface area (Å²) in [5.74, 6) is -4.83. The molecular formula is C22H23F6N3O6. The van der Waals surface area contributed by atoms with Crippen molar-refractivity contribution in [3.05, 3.63) is 54.5 Å². The Hall–Kier alpha value is -3.46. The molecule has 0 amide bonds. The van der Waals surface area contributed by atoms with Gasteiger partial charge in [0.1, 0.15) is 12.2 Å². The van der Waals surface area contributed by atoms with Gasteiger partial charge in [-0.15, -0.1) is 0 Å². The number of aliphatic carboxylic acids is 2. The van der Waals surface area contributed by atoms with Crippen LogP contribution in [0.15, 0.2) is 48.9 Å². The molecule has 0 aromatic carbocycles. The number of morpholine rings is 1. The van der Waals surface area contributed by atoms with E-state index < -0.39 is 24.3 Å². The Morgan fingerprint density at radius 1 is 1.00 bits per heavy atom. The van der Waals surface area contributed by atoms with Gasteiger partial charge in [0.2, 0.25) is 5.88 Å². The molecule has 15 heteroatoms. The molecule has 1 saturated carbocycles. The Balaban J connectivity index is 0.000000286. The second-order valence-electron chi connectivity index (χ2n) is 7.74. The molecule has 3 heterocycles. The lowest BCUT2D eigenvalue weighted by Crippen LogP contribution is -2.51. The maximum Gasteiger partial charge on any atom is 0.490 e. The minimum Gasteiger partial charge on any atom is -0.475 e. The topological polar surface area (TPSA) is 122 Å². The Morgan fingerprint density at radius 2 is 1.65 bits per heavy atom. The van der Waals surface area contributed by atoms with Crippen LogP contribution < -0.4 is 4.74 Å². The number of rotatable bonds is 4. The highest BCUT2D eigenvalue weighted by molar-refractivity contribution is 5.73. The van der Waals surface area contributed by atoms with Crippen LogP contribution >= 0.6 is 0 Å². The van der Waals surface area contributed by atoms with Crippen molar-refractivity contribution in [3.63, 3.8) is 0 Å². The number of alkyl halides is 6. The second kappa shape index (κ2) is 13.2. The monoisotopic (exact) mass is 539 g/mol. The fraction of sp³-hybridized carbons (Fsp3) is 0.455. The summed E-state index contributed by atoms with van der Waals surface area (Å²) in [6.45, 7) is 2.64. The van der Waals surface area contributed by atoms with Crippen LogP contribution in [-0.4, -0.2) is 80.8 Å². The third-order valence-corrected chi connectivity index (χ3v) is 5.15. The fourth-order valence-corrected chi connectivity index (χ4v) is 3.61. The van der Waals surface area contributed by atoms with E-state index in [1.54, 1.807) is 6.20 Å². The average molecular weight is 539 g/mol. The first-order chi connectivity index (χ1) is 17.3. The quantitative estimate of drug-likeness (QED) is 0.562. The molecule has 0 bridgehead atoms. The molecule has 3 atom stereocenters. The van der Waals surface area contributed by atoms with E-state index in [2.05, 4.69) is 20.9 Å². The fourth-order valence-electron chi connectivity index (χ4n) is 3.61. The van der Waals surface area contributed by atoms with Crippen molar-refractivity contribution in [2.45, 2.75) is 50.0 Å². The van der Waals surface area contributed by atoms with E-state index in [9.17, 15) is 26.3 Å². The van der Waals surface area contributed by atoms with Crippen LogP contribution in [0.3, 0.4) is 0 Å². The van der Waals surface area contributed by atoms with Crippen molar-refractivity contribution in [2.75, 3.05) is 13.2 Å². The van der Waals surface area contributed by atoms with E-state index in [1.165, 1.54) is 5.56 Å². The van der Waals surface area contributed by atoms with Crippen molar-refractivity contribution >= 4 is 11.9 Å². The standard InChI is InChI=1S/C18H21N3O2.2C2HF3O2/c1-2-9-20-17(5-1)23-16-7-6-15-18(16)22-11-10-21(15)13-14-4-3-8-19-12-14;2*3-2(4,5)1(6)7/h1-5,8-9,12,15-16,18H,6-7,10-11,13H2;2*(H,6,7)/t15-,16+,18+;;/m0../s1. The Kier molecular flexibility index (Phi) is 10.6. The van der Waals surface area contributed by atoms with E-state index in [0.717, 1.165) is 32.5 Å². The van der Waals surface area contributed by atoms with Gasteiger partial charge in [0.15, 0.2) is 0 Å². The van der Waals surface area contributed by atoms with Gasteiger partial charge >= 0.3 is 24.3 Å². The molecule has 1 saturated heterocycles. The number of hydrogen-bond acceptors (Lipinski definition) is 7. The lowest BCUT2D eigenvalue weighted by Gasteiger charge is -2.38. The largest absolute Gasteiger partial charge is 0.490 e. The molecule has 0 radical (unpaired) electrons. The molecule has 9 nitrogen and oxygen atoms in total. The van der Waals surface area contributed by atoms with Crippen LogP contribution in [0.5, 0.6) is 5.88 Å². The van der Waals surface area contributed by atoms with E-state index in [4.69, 9.17) is 29.3 Å². The Labute approximate surface area is 206 Å². The van der Waals surface area contributed by atoms with Crippen LogP contribution in [0.2, 0.25) is 0 Å². The SMILES string of the molecule is O=C(O)C(F)(F)F.O=C(O)C(F)(F)F.c1ccc(O[C@@H]2CC[C@H]3[C@H]2OCCN3Cc2cccnc2)nc1. The molecule has 1 aliphatic heterocycles. The smallest absolute Gasteiger partial charge is 0.475 e. The molecule has 2 fully saturated rings. The maximum atomic E-state index is 10.6. The van der Waals surface area contributed by atoms with Gasteiger partial charge in [0.25, 0.3) is 0 Å². The van der Waals surface area contributed by atoms with Crippen molar-refractivity contribution in [3.8, 4) is 5.88 Å². The predicted molar refractivity (Wildman–Crippen MR) is 113 cm³/mol. The summed E-state index contributed by atoms with van der Waals surface area (Å²) in [7, 11) is 0. The van der Waals surface area contributed by atoms with Gasteiger partial charge in [-0.3, -0.25) is 9.88 Å². The normalized spacial score (nSPS) is 21.4. The zero-order valence-corrected chi connectivity index (χ0v) is 19.0. The highest BCUT2D eigenvalue weighted by Gasteiger charge is 2.44. The number of fused-ring (bicyclic) bond motifs is 1. The molecule has 2 aliphatic rings. The van der Waals surface area contributed by atoms with Gasteiger partial charge in [-0.2, -0.15) is 26.3 Å². The van der Waals surface area contributed by atoms with E-state index >= 15 is 0 Å². The third kappa shape index (κ3) is 9.84. The predicted octanol–water partition coefficient (Wildman–Crippen LogP) is 3.55. The van der Waals surface area contributed by atoms with Gasteiger partial charge in [-0.25, -0.2) is 14.6 Å². The second-order valence-corrected chi connectivity index (χ2v) is 7.74. The van der Waals surface area contributed by atoms with E-state index in [-0.39, 0.29) is 12.2 Å². The molecule has 0 spiro atoms. The van der Waals surface area contributed by atoms with Gasteiger partial charge in [0.05, 0.1) is 6.61 Å². The first-order valence-corrected chi connectivity index (χ1v) is 10.7. The summed E-state index contributed by atoms with van der Waals surface area (Å²) >= 11 is 0. The Morgan fingerprint density at radius 3 is 2.16 bits per heavy atom. The molecule has 2 N–H and O–H groups in total. The van der Waals surface area contributed by atoms with Crippen LogP contribution in [0.25, 0.3) is 0 Å². The molecule has 0 unspecified atom stereocenters. The first kappa shape index (κ1) is 29.8. The molecule has 204 valence electrons. The zero-order valence-electron chi connectivity index (χ0n) is 19.0. The molecule has 4 rings (SSSR count). The minimum absolute atomic E-state index is 0.0894. The number of carboxylic acids is 2. The van der Waals surface area contributed by atoms with Crippen molar-refractivity contribution in [1.82, 2.24) is 14.9 Å². The lowest BCUT2D eigenvalue weighted by molar-refractivity contribution is -0.193. The molecular weight excluding hydrogens is 516 g/mol. The van der Waals surface area contributed by atoms with Crippen LogP contribution in [0.4, 0.5) is 26.3 Å². The Bertz CT molecular complexity index is 970. The van der Waals surface area contributed by atoms with Gasteiger partial charge in [-0.05, 0) is 30.5 Å². The first-order valence-electron chi connectivity index (χ1n) is 10.7. The number of hydrogen-bond donors (Lipinski definition) is 2. The number of halogens is 6. The summed E-state index contributed by atoms with van der Waals surface area (Å²) in [4.78, 5) is 28.8. The van der Waals surface area contributed by atoms with Crippen LogP contribution in [0.1, 0.15) is 18.4 Å². The molecule has 1 aliphatic carbocycles. The zero-order chi connectivity index (χ0) is 27.6. The van der Waals surface area contributed by atoms with E-state index in [1.807, 2.05) is 36.7 Å². The summed E-state index contributed by atoms with van der Waals surface area (Å²) < 4.78 is 75.6. The van der Waals surface area contributed by atoms with Crippen molar-refractivity contribution < 1.29 is 55.6 Å². The highest BCUT2D eigenvalue weighted by Crippen LogP contribution is 2.33. The maximum absolute atomic E-state index is 10.6. The third-order valence-electron chi connectivity index (χ3n) is 5.15. The summed E-state index contributed by atoms with van der Waals surface area (Å²) in [5.41, 5.74) is 1.25. The summed E-state index contributed by atoms with van der Waals surface area (Å²) in [6.07, 6.45) is -2.32. The van der Waals surface area contributed by atoms with Crippen molar-refractivity contribution in [1.29, 1.82) is 0 Å². The lowest BCUT2D eigenvalue weighted by atomic mass is 10.1. The molecule has 37 heavy (non-hydrogen) atoms. The van der Waals surface area contributed by atoms with Crippen LogP contribution in [0, 0.1) is 0 Å².